The van der Waals surface area contributed by atoms with Gasteiger partial charge in [0.05, 0.1) is 18.9 Å². The molecule has 2 aromatic carbocycles. The summed E-state index contributed by atoms with van der Waals surface area (Å²) < 4.78 is 11.0. The molecule has 3 rings (SSSR count). The summed E-state index contributed by atoms with van der Waals surface area (Å²) in [6.07, 6.45) is 2.20. The van der Waals surface area contributed by atoms with Crippen molar-refractivity contribution in [3.8, 4) is 11.5 Å². The average Bonchev–Trinajstić information content (AvgIpc) is 3.43. The number of nitrogens with one attached hydrogen (secondary N) is 2. The normalized spacial score (nSPS) is 14.6. The predicted octanol–water partition coefficient (Wildman–Crippen LogP) is 4.34. The summed E-state index contributed by atoms with van der Waals surface area (Å²) in [4.78, 5) is 12.4. The van der Waals surface area contributed by atoms with E-state index in [0.29, 0.717) is 18.0 Å². The highest BCUT2D eigenvalue weighted by Crippen LogP contribution is 2.47. The second kappa shape index (κ2) is 7.68. The van der Waals surface area contributed by atoms with E-state index in [1.807, 2.05) is 50.2 Å². The first-order valence-corrected chi connectivity index (χ1v) is 8.97. The molecule has 0 saturated heterocycles. The molecule has 26 heavy (non-hydrogen) atoms. The Balaban J connectivity index is 1.59. The number of carbonyl (C=O) groups excluding carboxylic acids is 1. The van der Waals surface area contributed by atoms with Gasteiger partial charge in [-0.2, -0.15) is 0 Å². The van der Waals surface area contributed by atoms with Crippen LogP contribution >= 0.6 is 0 Å². The van der Waals surface area contributed by atoms with Gasteiger partial charge in [0, 0.05) is 12.0 Å². The smallest absolute Gasteiger partial charge is 0.319 e. The minimum absolute atomic E-state index is 0.0392. The summed E-state index contributed by atoms with van der Waals surface area (Å²) in [5.41, 5.74) is 1.95. The van der Waals surface area contributed by atoms with E-state index >= 15 is 0 Å². The number of rotatable bonds is 7. The number of hydrogen-bond donors (Lipinski definition) is 2. The van der Waals surface area contributed by atoms with E-state index in [1.54, 1.807) is 7.11 Å². The molecule has 1 fully saturated rings. The number of ether oxygens (including phenoxy) is 2. The van der Waals surface area contributed by atoms with E-state index in [9.17, 15) is 4.79 Å². The van der Waals surface area contributed by atoms with Crippen molar-refractivity contribution < 1.29 is 14.3 Å². The summed E-state index contributed by atoms with van der Waals surface area (Å²) in [6, 6.07) is 15.3. The average molecular weight is 354 g/mol. The topological polar surface area (TPSA) is 59.6 Å². The largest absolute Gasteiger partial charge is 0.497 e. The van der Waals surface area contributed by atoms with Gasteiger partial charge in [0.25, 0.3) is 0 Å². The van der Waals surface area contributed by atoms with Crippen LogP contribution in [0.25, 0.3) is 0 Å². The van der Waals surface area contributed by atoms with Gasteiger partial charge >= 0.3 is 6.03 Å². The van der Waals surface area contributed by atoms with Crippen LogP contribution in [0.2, 0.25) is 0 Å². The van der Waals surface area contributed by atoms with Crippen LogP contribution in [0.15, 0.2) is 48.5 Å². The summed E-state index contributed by atoms with van der Waals surface area (Å²) in [5.74, 6) is 1.52. The van der Waals surface area contributed by atoms with Crippen LogP contribution < -0.4 is 20.1 Å². The summed E-state index contributed by atoms with van der Waals surface area (Å²) >= 11 is 0. The Labute approximate surface area is 154 Å². The third-order valence-electron chi connectivity index (χ3n) is 4.64. The summed E-state index contributed by atoms with van der Waals surface area (Å²) in [6.45, 7) is 4.53. The minimum Gasteiger partial charge on any atom is -0.497 e. The number of para-hydroxylation sites is 2. The Kier molecular flexibility index (Phi) is 5.35. The third-order valence-corrected chi connectivity index (χ3v) is 4.64. The Morgan fingerprint density at radius 2 is 1.81 bits per heavy atom. The lowest BCUT2D eigenvalue weighted by Gasteiger charge is -2.18. The molecule has 0 unspecified atom stereocenters. The highest BCUT2D eigenvalue weighted by atomic mass is 16.5. The molecule has 0 aliphatic heterocycles. The van der Waals surface area contributed by atoms with Crippen molar-refractivity contribution in [1.82, 2.24) is 5.32 Å². The van der Waals surface area contributed by atoms with Crippen molar-refractivity contribution in [2.75, 3.05) is 19.0 Å². The fourth-order valence-electron chi connectivity index (χ4n) is 3.01. The van der Waals surface area contributed by atoms with Crippen LogP contribution in [0.4, 0.5) is 10.5 Å². The zero-order valence-electron chi connectivity index (χ0n) is 15.5. The van der Waals surface area contributed by atoms with Gasteiger partial charge in [-0.1, -0.05) is 24.3 Å². The maximum absolute atomic E-state index is 12.4. The fraction of sp³-hybridized carbons (Fsp3) is 0.381. The molecule has 138 valence electrons. The Morgan fingerprint density at radius 1 is 1.12 bits per heavy atom. The van der Waals surface area contributed by atoms with E-state index in [1.165, 1.54) is 5.56 Å². The lowest BCUT2D eigenvalue weighted by atomic mass is 9.96. The summed E-state index contributed by atoms with van der Waals surface area (Å²) in [7, 11) is 1.66. The van der Waals surface area contributed by atoms with E-state index in [-0.39, 0.29) is 17.6 Å². The van der Waals surface area contributed by atoms with Gasteiger partial charge < -0.3 is 20.1 Å². The molecular weight excluding hydrogens is 328 g/mol. The van der Waals surface area contributed by atoms with Crippen molar-refractivity contribution >= 4 is 11.7 Å². The van der Waals surface area contributed by atoms with Gasteiger partial charge in [0.1, 0.15) is 11.5 Å². The predicted molar refractivity (Wildman–Crippen MR) is 103 cm³/mol. The second-order valence-electron chi connectivity index (χ2n) is 6.98. The molecule has 5 nitrogen and oxygen atoms in total. The van der Waals surface area contributed by atoms with Crippen molar-refractivity contribution in [1.29, 1.82) is 0 Å². The van der Waals surface area contributed by atoms with E-state index < -0.39 is 0 Å². The van der Waals surface area contributed by atoms with Crippen molar-refractivity contribution in [3.63, 3.8) is 0 Å². The number of anilines is 1. The standard InChI is InChI=1S/C21H26N2O3/c1-15(2)26-19-7-5-4-6-18(19)23-20(24)22-14-21(12-13-21)16-8-10-17(25-3)11-9-16/h4-11,15H,12-14H2,1-3H3,(H2,22,23,24). The van der Waals surface area contributed by atoms with Crippen molar-refractivity contribution in [2.24, 2.45) is 0 Å². The zero-order valence-corrected chi connectivity index (χ0v) is 15.5. The SMILES string of the molecule is COc1ccc(C2(CNC(=O)Nc3ccccc3OC(C)C)CC2)cc1. The van der Waals surface area contributed by atoms with E-state index in [4.69, 9.17) is 9.47 Å². The van der Waals surface area contributed by atoms with Gasteiger partial charge in [-0.25, -0.2) is 4.79 Å². The molecule has 2 amide bonds. The fourth-order valence-corrected chi connectivity index (χ4v) is 3.01. The molecule has 1 aliphatic rings. The second-order valence-corrected chi connectivity index (χ2v) is 6.98. The first kappa shape index (κ1) is 18.1. The van der Waals surface area contributed by atoms with Crippen molar-refractivity contribution in [2.45, 2.75) is 38.2 Å². The molecule has 2 aromatic rings. The van der Waals surface area contributed by atoms with Gasteiger partial charge in [0.2, 0.25) is 0 Å². The number of methoxy groups -OCH3 is 1. The number of amides is 2. The van der Waals surface area contributed by atoms with E-state index in [0.717, 1.165) is 18.6 Å². The molecule has 5 heteroatoms. The molecule has 0 atom stereocenters. The van der Waals surface area contributed by atoms with Crippen LogP contribution in [0.5, 0.6) is 11.5 Å². The summed E-state index contributed by atoms with van der Waals surface area (Å²) in [5, 5.41) is 5.90. The Bertz CT molecular complexity index is 752. The number of hydrogen-bond acceptors (Lipinski definition) is 3. The number of benzene rings is 2. The van der Waals surface area contributed by atoms with Crippen LogP contribution in [0.3, 0.4) is 0 Å². The molecule has 0 spiro atoms. The maximum Gasteiger partial charge on any atom is 0.319 e. The van der Waals surface area contributed by atoms with Gasteiger partial charge in [0.15, 0.2) is 0 Å². The molecule has 0 aromatic heterocycles. The molecule has 2 N–H and O–H groups in total. The zero-order chi connectivity index (χ0) is 18.6. The molecule has 0 radical (unpaired) electrons. The highest BCUT2D eigenvalue weighted by Gasteiger charge is 2.44. The van der Waals surface area contributed by atoms with Crippen LogP contribution in [-0.2, 0) is 5.41 Å². The lowest BCUT2D eigenvalue weighted by molar-refractivity contribution is 0.241. The third kappa shape index (κ3) is 4.28. The van der Waals surface area contributed by atoms with Gasteiger partial charge in [-0.05, 0) is 56.5 Å². The quantitative estimate of drug-likeness (QED) is 0.778. The maximum atomic E-state index is 12.4. The van der Waals surface area contributed by atoms with Crippen LogP contribution in [0, 0.1) is 0 Å². The van der Waals surface area contributed by atoms with Crippen LogP contribution in [-0.4, -0.2) is 25.8 Å². The van der Waals surface area contributed by atoms with Crippen LogP contribution in [0.1, 0.15) is 32.3 Å². The number of urea groups is 1. The first-order chi connectivity index (χ1) is 12.5. The molecule has 0 bridgehead atoms. The van der Waals surface area contributed by atoms with Gasteiger partial charge in [-0.3, -0.25) is 0 Å². The minimum atomic E-state index is -0.218. The molecule has 0 heterocycles. The molecule has 1 saturated carbocycles. The van der Waals surface area contributed by atoms with Gasteiger partial charge in [-0.15, -0.1) is 0 Å². The molecule has 1 aliphatic carbocycles. The Morgan fingerprint density at radius 3 is 2.42 bits per heavy atom. The number of carbonyl (C=O) groups is 1. The highest BCUT2D eigenvalue weighted by molar-refractivity contribution is 5.91. The Hall–Kier alpha value is -2.69. The monoisotopic (exact) mass is 354 g/mol. The molecular formula is C21H26N2O3. The lowest BCUT2D eigenvalue weighted by Crippen LogP contribution is -2.35. The first-order valence-electron chi connectivity index (χ1n) is 8.97. The van der Waals surface area contributed by atoms with E-state index in [2.05, 4.69) is 22.8 Å². The van der Waals surface area contributed by atoms with Crippen molar-refractivity contribution in [3.05, 3.63) is 54.1 Å².